The minimum atomic E-state index is -4.39. The first-order valence-corrected chi connectivity index (χ1v) is 32.8. The third-order valence-corrected chi connectivity index (χ3v) is 14.4. The van der Waals surface area contributed by atoms with Crippen LogP contribution in [0.4, 0.5) is 0 Å². The van der Waals surface area contributed by atoms with Gasteiger partial charge in [0, 0.05) is 12.8 Å². The molecule has 9 nitrogen and oxygen atoms in total. The number of carbonyl (C=O) groups excluding carboxylic acids is 2. The number of nitrogens with zero attached hydrogens (tertiary/aromatic N) is 1. The normalized spacial score (nSPS) is 13.8. The second-order valence-corrected chi connectivity index (χ2v) is 23.5. The van der Waals surface area contributed by atoms with Crippen LogP contribution in [0.1, 0.15) is 271 Å². The number of esters is 2. The van der Waals surface area contributed by atoms with Gasteiger partial charge in [-0.1, -0.05) is 253 Å². The van der Waals surface area contributed by atoms with E-state index in [0.29, 0.717) is 17.4 Å². The van der Waals surface area contributed by atoms with Crippen LogP contribution in [0.3, 0.4) is 0 Å². The van der Waals surface area contributed by atoms with Gasteiger partial charge < -0.3 is 18.9 Å². The Labute approximate surface area is 469 Å². The molecule has 0 aromatic rings. The lowest BCUT2D eigenvalue weighted by molar-refractivity contribution is -0.870. The summed E-state index contributed by atoms with van der Waals surface area (Å²) in [5.74, 6) is -0.797. The predicted octanol–water partition coefficient (Wildman–Crippen LogP) is 19.8. The van der Waals surface area contributed by atoms with Gasteiger partial charge in [-0.05, 0) is 89.9 Å². The topological polar surface area (TPSA) is 108 Å². The van der Waals surface area contributed by atoms with E-state index >= 15 is 0 Å². The predicted molar refractivity (Wildman–Crippen MR) is 325 cm³/mol. The minimum Gasteiger partial charge on any atom is -0.462 e. The number of phosphoric acid groups is 1. The lowest BCUT2D eigenvalue weighted by atomic mass is 10.0. The van der Waals surface area contributed by atoms with Crippen LogP contribution >= 0.6 is 7.82 Å². The molecule has 0 radical (unpaired) electrons. The van der Waals surface area contributed by atoms with Crippen molar-refractivity contribution in [3.63, 3.8) is 0 Å². The van der Waals surface area contributed by atoms with E-state index < -0.39 is 26.5 Å². The maximum absolute atomic E-state index is 12.8. The molecule has 0 aromatic carbocycles. The van der Waals surface area contributed by atoms with Gasteiger partial charge in [-0.25, -0.2) is 4.57 Å². The van der Waals surface area contributed by atoms with Gasteiger partial charge in [-0.2, -0.15) is 0 Å². The molecule has 0 aliphatic rings. The zero-order chi connectivity index (χ0) is 55.6. The van der Waals surface area contributed by atoms with E-state index in [2.05, 4.69) is 98.9 Å². The molecule has 0 aliphatic carbocycles. The molecular formula is C66H119NO8P+. The fourth-order valence-corrected chi connectivity index (χ4v) is 9.34. The van der Waals surface area contributed by atoms with Gasteiger partial charge >= 0.3 is 19.8 Å². The second-order valence-electron chi connectivity index (χ2n) is 22.1. The van der Waals surface area contributed by atoms with Crippen molar-refractivity contribution in [1.82, 2.24) is 0 Å². The van der Waals surface area contributed by atoms with Gasteiger partial charge in [0.2, 0.25) is 0 Å². The highest BCUT2D eigenvalue weighted by Gasteiger charge is 2.27. The summed E-state index contributed by atoms with van der Waals surface area (Å²) in [5.41, 5.74) is 0. The third-order valence-electron chi connectivity index (χ3n) is 13.4. The number of quaternary nitrogens is 1. The van der Waals surface area contributed by atoms with Crippen LogP contribution in [0.15, 0.2) is 85.1 Å². The summed E-state index contributed by atoms with van der Waals surface area (Å²) in [6.45, 7) is 4.34. The maximum Gasteiger partial charge on any atom is 0.472 e. The van der Waals surface area contributed by atoms with E-state index in [1.165, 1.54) is 161 Å². The fourth-order valence-electron chi connectivity index (χ4n) is 8.60. The molecule has 0 amide bonds. The van der Waals surface area contributed by atoms with Crippen LogP contribution in [0.25, 0.3) is 0 Å². The van der Waals surface area contributed by atoms with Crippen LogP contribution in [0.5, 0.6) is 0 Å². The monoisotopic (exact) mass is 1080 g/mol. The summed E-state index contributed by atoms with van der Waals surface area (Å²) in [4.78, 5) is 35.8. The Morgan fingerprint density at radius 1 is 0.421 bits per heavy atom. The molecule has 1 N–H and O–H groups in total. The minimum absolute atomic E-state index is 0.0287. The van der Waals surface area contributed by atoms with E-state index in [-0.39, 0.29) is 32.0 Å². The average molecular weight is 1090 g/mol. The fraction of sp³-hybridized carbons (Fsp3) is 0.758. The van der Waals surface area contributed by atoms with Crippen LogP contribution in [-0.4, -0.2) is 74.9 Å². The lowest BCUT2D eigenvalue weighted by Gasteiger charge is -2.24. The number of phosphoric ester groups is 1. The van der Waals surface area contributed by atoms with Crippen molar-refractivity contribution in [2.45, 2.75) is 277 Å². The molecule has 0 fully saturated rings. The molecular weight excluding hydrogens is 966 g/mol. The molecule has 0 aliphatic heterocycles. The Morgan fingerprint density at radius 3 is 1.13 bits per heavy atom. The van der Waals surface area contributed by atoms with Gasteiger partial charge in [-0.3, -0.25) is 18.6 Å². The van der Waals surface area contributed by atoms with Crippen LogP contribution in [-0.2, 0) is 32.7 Å². The smallest absolute Gasteiger partial charge is 0.462 e. The van der Waals surface area contributed by atoms with Gasteiger partial charge in [0.1, 0.15) is 19.8 Å². The zero-order valence-corrected chi connectivity index (χ0v) is 50.9. The number of ether oxygens (including phenoxy) is 2. The number of allylic oxidation sites excluding steroid dienone is 14. The van der Waals surface area contributed by atoms with Crippen LogP contribution in [0, 0.1) is 0 Å². The molecule has 0 aromatic heterocycles. The first-order chi connectivity index (χ1) is 37.0. The number of hydrogen-bond acceptors (Lipinski definition) is 7. The highest BCUT2D eigenvalue weighted by Crippen LogP contribution is 2.43. The molecule has 0 bridgehead atoms. The van der Waals surface area contributed by atoms with Crippen LogP contribution < -0.4 is 0 Å². The molecule has 0 saturated heterocycles. The molecule has 0 saturated carbocycles. The molecule has 0 spiro atoms. The molecule has 0 heterocycles. The van der Waals surface area contributed by atoms with Gasteiger partial charge in [0.15, 0.2) is 6.10 Å². The molecule has 2 atom stereocenters. The number of carbonyl (C=O) groups is 2. The van der Waals surface area contributed by atoms with E-state index in [9.17, 15) is 19.0 Å². The van der Waals surface area contributed by atoms with E-state index in [1.54, 1.807) is 0 Å². The van der Waals surface area contributed by atoms with Crippen molar-refractivity contribution >= 4 is 19.8 Å². The summed E-state index contributed by atoms with van der Waals surface area (Å²) in [6.07, 6.45) is 76.6. The summed E-state index contributed by atoms with van der Waals surface area (Å²) in [7, 11) is 1.47. The molecule has 0 rings (SSSR count). The summed E-state index contributed by atoms with van der Waals surface area (Å²) in [5, 5.41) is 0. The number of rotatable bonds is 57. The molecule has 10 heteroatoms. The zero-order valence-electron chi connectivity index (χ0n) is 50.0. The Bertz CT molecular complexity index is 1560. The lowest BCUT2D eigenvalue weighted by Crippen LogP contribution is -2.37. The first-order valence-electron chi connectivity index (χ1n) is 31.3. The maximum atomic E-state index is 12.8. The van der Waals surface area contributed by atoms with Crippen molar-refractivity contribution in [2.24, 2.45) is 0 Å². The highest BCUT2D eigenvalue weighted by atomic mass is 31.2. The summed E-state index contributed by atoms with van der Waals surface area (Å²) < 4.78 is 34.6. The van der Waals surface area contributed by atoms with Crippen LogP contribution in [0.2, 0.25) is 0 Å². The van der Waals surface area contributed by atoms with Crippen molar-refractivity contribution in [2.75, 3.05) is 47.5 Å². The van der Waals surface area contributed by atoms with Crippen molar-refractivity contribution in [1.29, 1.82) is 0 Å². The van der Waals surface area contributed by atoms with Crippen molar-refractivity contribution < 1.29 is 42.1 Å². The first kappa shape index (κ1) is 73.2. The van der Waals surface area contributed by atoms with E-state index in [4.69, 9.17) is 18.5 Å². The molecule has 2 unspecified atom stereocenters. The van der Waals surface area contributed by atoms with Crippen molar-refractivity contribution in [3.8, 4) is 0 Å². The Morgan fingerprint density at radius 2 is 0.750 bits per heavy atom. The second kappa shape index (κ2) is 56.9. The standard InChI is InChI=1S/C66H118NO8P/c1-6-8-10-12-14-16-18-20-22-24-26-28-29-30-31-32-33-34-35-36-37-39-41-43-45-47-49-51-53-55-57-59-66(69)75-64(63-74-76(70,71)73-61-60-67(3,4)5)62-72-65(68)58-56-54-52-50-48-46-44-42-40-38-27-25-23-21-19-17-15-13-11-9-7-2/h8,10,14,16,20,22,25-28,30-31,33-34,64H,6-7,9,11-13,15,17-19,21,23-24,29,32,35-63H2,1-5H3/p+1/b10-8-,16-14-,22-20-,27-25-,28-26-,31-30-,34-33-. The Hall–Kier alpha value is -2.81. The Balaban J connectivity index is 4.12. The van der Waals surface area contributed by atoms with Gasteiger partial charge in [0.05, 0.1) is 27.7 Å². The molecule has 76 heavy (non-hydrogen) atoms. The number of hydrogen-bond donors (Lipinski definition) is 1. The Kier molecular flexibility index (Phi) is 54.8. The quantitative estimate of drug-likeness (QED) is 0.0211. The average Bonchev–Trinajstić information content (AvgIpc) is 3.38. The summed E-state index contributed by atoms with van der Waals surface area (Å²) >= 11 is 0. The number of unbranched alkanes of at least 4 members (excludes halogenated alkanes) is 29. The summed E-state index contributed by atoms with van der Waals surface area (Å²) in [6, 6.07) is 0. The van der Waals surface area contributed by atoms with Gasteiger partial charge in [-0.15, -0.1) is 0 Å². The number of likely N-dealkylation sites (N-methyl/N-ethyl adjacent to an activating group) is 1. The molecule has 440 valence electrons. The largest absolute Gasteiger partial charge is 0.472 e. The van der Waals surface area contributed by atoms with E-state index in [1.807, 2.05) is 21.1 Å². The SMILES string of the molecule is CC/C=C\C/C=C\C/C=C\C/C=C\C/C=C\C/C=C\CCCCCCCCCCCCCCC(=O)OC(COC(=O)CCCCCCCCCCC/C=C\CCCCCCCCCC)COP(=O)(O)OCC[N+](C)(C)C. The van der Waals surface area contributed by atoms with Crippen molar-refractivity contribution in [3.05, 3.63) is 85.1 Å². The van der Waals surface area contributed by atoms with E-state index in [0.717, 1.165) is 77.0 Å². The third kappa shape index (κ3) is 60.4. The highest BCUT2D eigenvalue weighted by molar-refractivity contribution is 7.47. The van der Waals surface area contributed by atoms with Gasteiger partial charge in [0.25, 0.3) is 0 Å².